The first-order valence-corrected chi connectivity index (χ1v) is 9.40. The molecule has 1 aromatic carbocycles. The molecule has 0 aliphatic rings. The second-order valence-corrected chi connectivity index (χ2v) is 9.14. The first kappa shape index (κ1) is 16.6. The molecule has 1 aromatic heterocycles. The van der Waals surface area contributed by atoms with Crippen LogP contribution < -0.4 is 4.72 Å². The molecule has 0 saturated heterocycles. The Labute approximate surface area is 136 Å². The molecule has 0 aliphatic carbocycles. The van der Waals surface area contributed by atoms with Gasteiger partial charge in [0.15, 0.2) is 0 Å². The molecule has 21 heavy (non-hydrogen) atoms. The van der Waals surface area contributed by atoms with Gasteiger partial charge in [-0.1, -0.05) is 12.1 Å². The number of hydrogen-bond acceptors (Lipinski definition) is 3. The fourth-order valence-corrected chi connectivity index (χ4v) is 5.70. The highest BCUT2D eigenvalue weighted by Gasteiger charge is 2.21. The lowest BCUT2D eigenvalue weighted by Gasteiger charge is -2.14. The highest BCUT2D eigenvalue weighted by molar-refractivity contribution is 9.11. The molecule has 2 aromatic rings. The van der Waals surface area contributed by atoms with Gasteiger partial charge in [0, 0.05) is 10.9 Å². The van der Waals surface area contributed by atoms with E-state index in [1.54, 1.807) is 32.0 Å². The third-order valence-electron chi connectivity index (χ3n) is 2.94. The van der Waals surface area contributed by atoms with Crippen molar-refractivity contribution in [1.82, 2.24) is 4.72 Å². The van der Waals surface area contributed by atoms with Crippen LogP contribution in [0.3, 0.4) is 0 Å². The van der Waals surface area contributed by atoms with Gasteiger partial charge in [0.25, 0.3) is 0 Å². The average Bonchev–Trinajstić information content (AvgIpc) is 2.71. The minimum absolute atomic E-state index is 0.279. The first-order chi connectivity index (χ1) is 9.78. The SMILES string of the molecule is Cc1sc(Br)cc1S(=O)(=O)NC(C)Cc1ccc(F)cc1. The van der Waals surface area contributed by atoms with Crippen molar-refractivity contribution in [3.05, 3.63) is 50.4 Å². The van der Waals surface area contributed by atoms with Crippen LogP contribution in [0.2, 0.25) is 0 Å². The van der Waals surface area contributed by atoms with Crippen molar-refractivity contribution in [3.63, 3.8) is 0 Å². The molecule has 1 unspecified atom stereocenters. The zero-order valence-electron chi connectivity index (χ0n) is 11.6. The predicted molar refractivity (Wildman–Crippen MR) is 86.6 cm³/mol. The summed E-state index contributed by atoms with van der Waals surface area (Å²) in [6.07, 6.45) is 0.504. The molecule has 0 aliphatic heterocycles. The molecule has 1 N–H and O–H groups in total. The maximum absolute atomic E-state index is 12.8. The molecule has 2 rings (SSSR count). The third-order valence-corrected chi connectivity index (χ3v) is 6.34. The molecule has 3 nitrogen and oxygen atoms in total. The summed E-state index contributed by atoms with van der Waals surface area (Å²) in [6, 6.07) is 7.39. The number of aryl methyl sites for hydroxylation is 1. The molecule has 0 radical (unpaired) electrons. The van der Waals surface area contributed by atoms with Crippen molar-refractivity contribution in [1.29, 1.82) is 0 Å². The van der Waals surface area contributed by atoms with E-state index in [-0.39, 0.29) is 11.9 Å². The van der Waals surface area contributed by atoms with Crippen LogP contribution in [0.1, 0.15) is 17.4 Å². The molecule has 1 atom stereocenters. The maximum atomic E-state index is 12.8. The fourth-order valence-electron chi connectivity index (χ4n) is 2.04. The van der Waals surface area contributed by atoms with E-state index in [0.717, 1.165) is 14.2 Å². The van der Waals surface area contributed by atoms with Crippen LogP contribution in [0.4, 0.5) is 4.39 Å². The first-order valence-electron chi connectivity index (χ1n) is 6.30. The van der Waals surface area contributed by atoms with E-state index in [0.29, 0.717) is 11.3 Å². The Kier molecular flexibility index (Phi) is 5.19. The number of hydrogen-bond donors (Lipinski definition) is 1. The summed E-state index contributed by atoms with van der Waals surface area (Å²) in [5.74, 6) is -0.300. The van der Waals surface area contributed by atoms with Gasteiger partial charge in [-0.25, -0.2) is 17.5 Å². The van der Waals surface area contributed by atoms with Gasteiger partial charge in [0.1, 0.15) is 5.82 Å². The smallest absolute Gasteiger partial charge is 0.208 e. The van der Waals surface area contributed by atoms with E-state index in [1.165, 1.54) is 23.5 Å². The van der Waals surface area contributed by atoms with E-state index in [4.69, 9.17) is 0 Å². The lowest BCUT2D eigenvalue weighted by atomic mass is 10.1. The summed E-state index contributed by atoms with van der Waals surface area (Å²) in [6.45, 7) is 3.56. The van der Waals surface area contributed by atoms with Gasteiger partial charge in [0.05, 0.1) is 8.68 Å². The molecular weight excluding hydrogens is 377 g/mol. The standard InChI is InChI=1S/C14H15BrFNO2S2/c1-9(7-11-3-5-12(16)6-4-11)17-21(18,19)13-8-14(15)20-10(13)2/h3-6,8-9,17H,7H2,1-2H3. The zero-order chi connectivity index (χ0) is 15.6. The molecular formula is C14H15BrFNO2S2. The van der Waals surface area contributed by atoms with Crippen LogP contribution in [0.25, 0.3) is 0 Å². The van der Waals surface area contributed by atoms with Crippen LogP contribution in [0.5, 0.6) is 0 Å². The Balaban J connectivity index is 2.09. The lowest BCUT2D eigenvalue weighted by molar-refractivity contribution is 0.559. The van der Waals surface area contributed by atoms with Crippen LogP contribution in [0, 0.1) is 12.7 Å². The maximum Gasteiger partial charge on any atom is 0.241 e. The summed E-state index contributed by atoms with van der Waals surface area (Å²) < 4.78 is 41.0. The van der Waals surface area contributed by atoms with Crippen molar-refractivity contribution in [2.45, 2.75) is 31.2 Å². The molecule has 1 heterocycles. The molecule has 0 saturated carbocycles. The molecule has 7 heteroatoms. The van der Waals surface area contributed by atoms with E-state index < -0.39 is 10.0 Å². The Bertz CT molecular complexity index is 726. The minimum Gasteiger partial charge on any atom is -0.208 e. The fraction of sp³-hybridized carbons (Fsp3) is 0.286. The minimum atomic E-state index is -3.54. The molecule has 0 spiro atoms. The second-order valence-electron chi connectivity index (χ2n) is 4.82. The molecule has 114 valence electrons. The van der Waals surface area contributed by atoms with Gasteiger partial charge in [-0.15, -0.1) is 11.3 Å². The van der Waals surface area contributed by atoms with Crippen molar-refractivity contribution in [2.75, 3.05) is 0 Å². The van der Waals surface area contributed by atoms with E-state index in [9.17, 15) is 12.8 Å². The van der Waals surface area contributed by atoms with Gasteiger partial charge in [-0.2, -0.15) is 0 Å². The lowest BCUT2D eigenvalue weighted by Crippen LogP contribution is -2.34. The van der Waals surface area contributed by atoms with Crippen molar-refractivity contribution in [2.24, 2.45) is 0 Å². The highest BCUT2D eigenvalue weighted by Crippen LogP contribution is 2.29. The van der Waals surface area contributed by atoms with Crippen molar-refractivity contribution in [3.8, 4) is 0 Å². The number of nitrogens with one attached hydrogen (secondary N) is 1. The summed E-state index contributed by atoms with van der Waals surface area (Å²) in [4.78, 5) is 1.04. The van der Waals surface area contributed by atoms with Crippen LogP contribution in [-0.2, 0) is 16.4 Å². The van der Waals surface area contributed by atoms with E-state index >= 15 is 0 Å². The Morgan fingerprint density at radius 3 is 2.48 bits per heavy atom. The quantitative estimate of drug-likeness (QED) is 0.840. The third kappa shape index (κ3) is 4.35. The van der Waals surface area contributed by atoms with Gasteiger partial charge < -0.3 is 0 Å². The number of benzene rings is 1. The second kappa shape index (κ2) is 6.56. The topological polar surface area (TPSA) is 46.2 Å². The normalized spacial score (nSPS) is 13.3. The van der Waals surface area contributed by atoms with Crippen molar-refractivity contribution < 1.29 is 12.8 Å². The Morgan fingerprint density at radius 1 is 1.33 bits per heavy atom. The Hall–Kier alpha value is -0.760. The number of thiophene rings is 1. The summed E-state index contributed by atoms with van der Waals surface area (Å²) in [7, 11) is -3.54. The summed E-state index contributed by atoms with van der Waals surface area (Å²) in [5, 5.41) is 0. The highest BCUT2D eigenvalue weighted by atomic mass is 79.9. The predicted octanol–water partition coefficient (Wildman–Crippen LogP) is 3.87. The van der Waals surface area contributed by atoms with Gasteiger partial charge >= 0.3 is 0 Å². The van der Waals surface area contributed by atoms with Crippen LogP contribution in [0.15, 0.2) is 39.0 Å². The van der Waals surface area contributed by atoms with E-state index in [2.05, 4.69) is 20.7 Å². The number of halogens is 2. The monoisotopic (exact) mass is 391 g/mol. The van der Waals surface area contributed by atoms with Crippen molar-refractivity contribution >= 4 is 37.3 Å². The summed E-state index contributed by atoms with van der Waals surface area (Å²) in [5.41, 5.74) is 0.884. The van der Waals surface area contributed by atoms with Crippen LogP contribution in [-0.4, -0.2) is 14.5 Å². The number of rotatable bonds is 5. The largest absolute Gasteiger partial charge is 0.241 e. The van der Waals surface area contributed by atoms with Crippen LogP contribution >= 0.6 is 27.3 Å². The molecule has 0 bridgehead atoms. The summed E-state index contributed by atoms with van der Waals surface area (Å²) >= 11 is 4.68. The zero-order valence-corrected chi connectivity index (χ0v) is 14.8. The Morgan fingerprint density at radius 2 is 1.95 bits per heavy atom. The van der Waals surface area contributed by atoms with Gasteiger partial charge in [-0.05, 0) is 60.0 Å². The van der Waals surface area contributed by atoms with E-state index in [1.807, 2.05) is 0 Å². The van der Waals surface area contributed by atoms with Gasteiger partial charge in [0.2, 0.25) is 10.0 Å². The molecule has 0 amide bonds. The molecule has 0 fully saturated rings. The van der Waals surface area contributed by atoms with Gasteiger partial charge in [-0.3, -0.25) is 0 Å². The number of sulfonamides is 1. The average molecular weight is 392 g/mol.